The molecule has 2 amide bonds. The van der Waals surface area contributed by atoms with Gasteiger partial charge in [0.05, 0.1) is 11.5 Å². The summed E-state index contributed by atoms with van der Waals surface area (Å²) in [4.78, 5) is 35.8. The van der Waals surface area contributed by atoms with Crippen molar-refractivity contribution in [1.82, 2.24) is 20.1 Å². The number of amides is 2. The van der Waals surface area contributed by atoms with Gasteiger partial charge in [-0.15, -0.1) is 36.2 Å². The lowest BCUT2D eigenvalue weighted by Gasteiger charge is -2.38. The van der Waals surface area contributed by atoms with Gasteiger partial charge in [0.2, 0.25) is 11.8 Å². The summed E-state index contributed by atoms with van der Waals surface area (Å²) >= 11 is 1.73. The number of likely N-dealkylation sites (tertiary alicyclic amines) is 2. The van der Waals surface area contributed by atoms with Gasteiger partial charge in [-0.3, -0.25) is 14.6 Å². The van der Waals surface area contributed by atoms with Crippen LogP contribution in [0.25, 0.3) is 0 Å². The van der Waals surface area contributed by atoms with E-state index in [1.807, 2.05) is 23.2 Å². The van der Waals surface area contributed by atoms with Gasteiger partial charge in [-0.2, -0.15) is 0 Å². The zero-order valence-corrected chi connectivity index (χ0v) is 22.5. The Hall–Kier alpha value is -1.67. The third-order valence-corrected chi connectivity index (χ3v) is 8.91. The first-order chi connectivity index (χ1) is 16.1. The van der Waals surface area contributed by atoms with Crippen LogP contribution in [0.2, 0.25) is 0 Å². The minimum Gasteiger partial charge on any atom is -0.348 e. The first kappa shape index (κ1) is 27.9. The molecule has 4 heterocycles. The van der Waals surface area contributed by atoms with Crippen molar-refractivity contribution in [2.45, 2.75) is 57.5 Å². The van der Waals surface area contributed by atoms with Crippen molar-refractivity contribution in [3.8, 4) is 0 Å². The number of thiophene rings is 1. The summed E-state index contributed by atoms with van der Waals surface area (Å²) in [5.41, 5.74) is 0.925. The van der Waals surface area contributed by atoms with E-state index >= 15 is 0 Å². The van der Waals surface area contributed by atoms with Crippen LogP contribution in [0, 0.1) is 11.3 Å². The summed E-state index contributed by atoms with van der Waals surface area (Å²) in [5, 5.41) is 5.41. The molecule has 0 bridgehead atoms. The lowest BCUT2D eigenvalue weighted by atomic mass is 9.77. The molecular formula is C26H36Cl2N4O2S. The molecule has 2 aromatic heterocycles. The van der Waals surface area contributed by atoms with E-state index in [0.29, 0.717) is 12.5 Å². The Morgan fingerprint density at radius 3 is 2.54 bits per heavy atom. The number of piperidine rings is 1. The van der Waals surface area contributed by atoms with Crippen molar-refractivity contribution < 1.29 is 9.59 Å². The third-order valence-electron chi connectivity index (χ3n) is 7.92. The van der Waals surface area contributed by atoms with Crippen molar-refractivity contribution in [1.29, 1.82) is 0 Å². The fourth-order valence-corrected chi connectivity index (χ4v) is 6.28. The van der Waals surface area contributed by atoms with E-state index < -0.39 is 0 Å². The van der Waals surface area contributed by atoms with E-state index in [4.69, 9.17) is 0 Å². The third kappa shape index (κ3) is 6.37. The number of halogens is 2. The molecule has 35 heavy (non-hydrogen) atoms. The number of hydrogen-bond acceptors (Lipinski definition) is 5. The van der Waals surface area contributed by atoms with Crippen LogP contribution in [0.15, 0.2) is 42.0 Å². The summed E-state index contributed by atoms with van der Waals surface area (Å²) in [6.07, 6.45) is 10.6. The van der Waals surface area contributed by atoms with Gasteiger partial charge in [0.25, 0.3) is 0 Å². The van der Waals surface area contributed by atoms with Crippen molar-refractivity contribution in [2.75, 3.05) is 26.2 Å². The largest absolute Gasteiger partial charge is 0.348 e. The van der Waals surface area contributed by atoms with Crippen LogP contribution in [-0.2, 0) is 16.1 Å². The highest BCUT2D eigenvalue weighted by Gasteiger charge is 2.47. The number of carbonyl (C=O) groups excluding carboxylic acids is 2. The van der Waals surface area contributed by atoms with Crippen LogP contribution in [0.4, 0.5) is 0 Å². The molecule has 3 aliphatic rings. The molecule has 9 heteroatoms. The van der Waals surface area contributed by atoms with Crippen molar-refractivity contribution in [3.63, 3.8) is 0 Å². The molecule has 0 radical (unpaired) electrons. The summed E-state index contributed by atoms with van der Waals surface area (Å²) in [7, 11) is 0. The van der Waals surface area contributed by atoms with Gasteiger partial charge in [0, 0.05) is 42.8 Å². The predicted molar refractivity (Wildman–Crippen MR) is 144 cm³/mol. The van der Waals surface area contributed by atoms with E-state index in [-0.39, 0.29) is 48.1 Å². The molecule has 1 unspecified atom stereocenters. The molecule has 0 aromatic carbocycles. The summed E-state index contributed by atoms with van der Waals surface area (Å²) in [6, 6.07) is 8.27. The smallest absolute Gasteiger partial charge is 0.229 e. The highest BCUT2D eigenvalue weighted by molar-refractivity contribution is 7.10. The average molecular weight is 540 g/mol. The second kappa shape index (κ2) is 12.5. The number of carbonyl (C=O) groups is 2. The summed E-state index contributed by atoms with van der Waals surface area (Å²) in [5.74, 6) is 0.767. The van der Waals surface area contributed by atoms with Crippen LogP contribution in [0.1, 0.15) is 61.4 Å². The SMILES string of the molecule is Cl.Cl.O=C(NC(CCN1CCC2(CC1)CCN(Cc1cccnc1)C2=O)c1cccs1)C1CCC1. The van der Waals surface area contributed by atoms with Gasteiger partial charge in [-0.05, 0) is 74.7 Å². The minimum absolute atomic E-state index is 0. The molecule has 2 saturated heterocycles. The molecule has 1 atom stereocenters. The molecule has 192 valence electrons. The number of hydrogen-bond donors (Lipinski definition) is 1. The van der Waals surface area contributed by atoms with Gasteiger partial charge in [0.15, 0.2) is 0 Å². The van der Waals surface area contributed by atoms with Crippen LogP contribution in [0.3, 0.4) is 0 Å². The predicted octanol–water partition coefficient (Wildman–Crippen LogP) is 4.85. The highest BCUT2D eigenvalue weighted by Crippen LogP contribution is 2.42. The van der Waals surface area contributed by atoms with Crippen LogP contribution in [-0.4, -0.2) is 52.8 Å². The number of pyridine rings is 1. The number of nitrogens with zero attached hydrogens (tertiary/aromatic N) is 3. The zero-order chi connectivity index (χ0) is 22.7. The van der Waals surface area contributed by atoms with Gasteiger partial charge < -0.3 is 15.1 Å². The van der Waals surface area contributed by atoms with Crippen LogP contribution in [0.5, 0.6) is 0 Å². The second-order valence-corrected chi connectivity index (χ2v) is 10.9. The van der Waals surface area contributed by atoms with Crippen molar-refractivity contribution >= 4 is 48.0 Å². The quantitative estimate of drug-likeness (QED) is 0.521. The van der Waals surface area contributed by atoms with Gasteiger partial charge in [-0.1, -0.05) is 18.6 Å². The molecule has 1 aliphatic carbocycles. The first-order valence-electron chi connectivity index (χ1n) is 12.4. The Morgan fingerprint density at radius 2 is 1.91 bits per heavy atom. The maximum atomic E-state index is 13.3. The van der Waals surface area contributed by atoms with E-state index in [1.165, 1.54) is 11.3 Å². The van der Waals surface area contributed by atoms with Gasteiger partial charge >= 0.3 is 0 Å². The highest BCUT2D eigenvalue weighted by atomic mass is 35.5. The number of rotatable bonds is 8. The van der Waals surface area contributed by atoms with E-state index in [1.54, 1.807) is 17.5 Å². The average Bonchev–Trinajstić information content (AvgIpc) is 3.43. The van der Waals surface area contributed by atoms with Crippen LogP contribution < -0.4 is 5.32 Å². The molecular weight excluding hydrogens is 503 g/mol. The molecule has 5 rings (SSSR count). The normalized spacial score (nSPS) is 20.6. The minimum atomic E-state index is -0.176. The Morgan fingerprint density at radius 1 is 1.14 bits per heavy atom. The number of aromatic nitrogens is 1. The van der Waals surface area contributed by atoms with E-state index in [9.17, 15) is 9.59 Å². The Balaban J connectivity index is 0.00000171. The second-order valence-electron chi connectivity index (χ2n) is 9.95. The van der Waals surface area contributed by atoms with Crippen LogP contribution >= 0.6 is 36.2 Å². The maximum absolute atomic E-state index is 13.3. The number of nitrogens with one attached hydrogen (secondary N) is 1. The Labute approximate surface area is 224 Å². The molecule has 3 fully saturated rings. The maximum Gasteiger partial charge on any atom is 0.229 e. The molecule has 1 saturated carbocycles. The summed E-state index contributed by atoms with van der Waals surface area (Å²) in [6.45, 7) is 4.39. The van der Waals surface area contributed by atoms with E-state index in [0.717, 1.165) is 70.3 Å². The van der Waals surface area contributed by atoms with Crippen molar-refractivity contribution in [2.24, 2.45) is 11.3 Å². The molecule has 2 aromatic rings. The molecule has 1 N–H and O–H groups in total. The molecule has 2 aliphatic heterocycles. The summed E-state index contributed by atoms with van der Waals surface area (Å²) < 4.78 is 0. The monoisotopic (exact) mass is 538 g/mol. The van der Waals surface area contributed by atoms with Gasteiger partial charge in [0.1, 0.15) is 0 Å². The topological polar surface area (TPSA) is 65.5 Å². The fourth-order valence-electron chi connectivity index (χ4n) is 5.47. The standard InChI is InChI=1S/C26H34N4O2S.2ClH/c31-24(21-5-1-6-21)28-22(23-7-3-17-33-23)8-13-29-14-9-26(10-15-29)11-16-30(25(26)32)19-20-4-2-12-27-18-20;;/h2-4,7,12,17-18,21-22H,1,5-6,8-11,13-16,19H2,(H,28,31);2*1H. The van der Waals surface area contributed by atoms with E-state index in [2.05, 4.69) is 32.7 Å². The first-order valence-corrected chi connectivity index (χ1v) is 13.3. The van der Waals surface area contributed by atoms with Crippen molar-refractivity contribution in [3.05, 3.63) is 52.5 Å². The fraction of sp³-hybridized carbons (Fsp3) is 0.577. The Bertz CT molecular complexity index is 948. The molecule has 6 nitrogen and oxygen atoms in total. The lowest BCUT2D eigenvalue weighted by Crippen LogP contribution is -2.45. The lowest BCUT2D eigenvalue weighted by molar-refractivity contribution is -0.139. The molecule has 1 spiro atoms. The van der Waals surface area contributed by atoms with Gasteiger partial charge in [-0.25, -0.2) is 0 Å². The Kier molecular flexibility index (Phi) is 9.99. The zero-order valence-electron chi connectivity index (χ0n) is 20.1.